The van der Waals surface area contributed by atoms with Gasteiger partial charge in [-0.15, -0.1) is 11.6 Å². The largest absolute Gasteiger partial charge is 0.492 e. The van der Waals surface area contributed by atoms with Gasteiger partial charge in [0.1, 0.15) is 5.75 Å². The molecule has 1 aromatic rings. The minimum absolute atomic E-state index is 0.538. The second kappa shape index (κ2) is 6.06. The number of rotatable bonds is 4. The fourth-order valence-corrected chi connectivity index (χ4v) is 1.81. The van der Waals surface area contributed by atoms with Gasteiger partial charge < -0.3 is 4.74 Å². The average molecular weight is 318 g/mol. The van der Waals surface area contributed by atoms with Crippen LogP contribution in [-0.4, -0.2) is 12.5 Å². The summed E-state index contributed by atoms with van der Waals surface area (Å²) in [5.41, 5.74) is 0. The predicted molar refractivity (Wildman–Crippen MR) is 65.0 cm³/mol. The van der Waals surface area contributed by atoms with E-state index >= 15 is 0 Å². The van der Waals surface area contributed by atoms with Crippen molar-refractivity contribution in [2.45, 2.75) is 6.42 Å². The highest BCUT2D eigenvalue weighted by molar-refractivity contribution is 9.10. The molecule has 0 aliphatic rings. The summed E-state index contributed by atoms with van der Waals surface area (Å²) in [6.07, 6.45) is 0.783. The van der Waals surface area contributed by atoms with Gasteiger partial charge in [0.15, 0.2) is 0 Å². The van der Waals surface area contributed by atoms with Gasteiger partial charge in [-0.25, -0.2) is 0 Å². The molecule has 1 nitrogen and oxygen atoms in total. The molecule has 5 heteroatoms. The molecule has 14 heavy (non-hydrogen) atoms. The molecule has 1 rings (SSSR count). The van der Waals surface area contributed by atoms with Crippen LogP contribution in [0.25, 0.3) is 0 Å². The molecule has 0 radical (unpaired) electrons. The van der Waals surface area contributed by atoms with E-state index in [0.717, 1.165) is 10.9 Å². The summed E-state index contributed by atoms with van der Waals surface area (Å²) in [7, 11) is 0. The minimum atomic E-state index is 0.538. The van der Waals surface area contributed by atoms with Crippen LogP contribution in [0, 0.1) is 0 Å². The molecule has 0 heterocycles. The Morgan fingerprint density at radius 1 is 1.21 bits per heavy atom. The van der Waals surface area contributed by atoms with Crippen molar-refractivity contribution in [3.05, 3.63) is 26.7 Å². The maximum absolute atomic E-state index is 5.93. The third-order valence-corrected chi connectivity index (χ3v) is 3.27. The van der Waals surface area contributed by atoms with Crippen molar-refractivity contribution in [2.75, 3.05) is 12.5 Å². The van der Waals surface area contributed by atoms with Crippen LogP contribution >= 0.6 is 50.7 Å². The van der Waals surface area contributed by atoms with Gasteiger partial charge in [-0.05, 0) is 28.4 Å². The number of hydrogen-bond acceptors (Lipinski definition) is 1. The third-order valence-electron chi connectivity index (χ3n) is 1.51. The van der Waals surface area contributed by atoms with Crippen LogP contribution in [0.15, 0.2) is 16.6 Å². The summed E-state index contributed by atoms with van der Waals surface area (Å²) in [6, 6.07) is 3.39. The van der Waals surface area contributed by atoms with Crippen LogP contribution in [0.2, 0.25) is 10.0 Å². The lowest BCUT2D eigenvalue weighted by Crippen LogP contribution is -1.98. The van der Waals surface area contributed by atoms with Gasteiger partial charge in [-0.1, -0.05) is 23.2 Å². The SMILES string of the molecule is ClCCCOc1cc(Cl)c(Br)cc1Cl. The summed E-state index contributed by atoms with van der Waals surface area (Å²) in [6.45, 7) is 0.543. The third kappa shape index (κ3) is 3.50. The number of hydrogen-bond donors (Lipinski definition) is 0. The Balaban J connectivity index is 2.72. The van der Waals surface area contributed by atoms with Crippen LogP contribution in [0.1, 0.15) is 6.42 Å². The lowest BCUT2D eigenvalue weighted by atomic mass is 10.3. The van der Waals surface area contributed by atoms with E-state index in [9.17, 15) is 0 Å². The van der Waals surface area contributed by atoms with Crippen LogP contribution in [-0.2, 0) is 0 Å². The van der Waals surface area contributed by atoms with E-state index < -0.39 is 0 Å². The first kappa shape index (κ1) is 12.4. The van der Waals surface area contributed by atoms with Gasteiger partial charge in [0.2, 0.25) is 0 Å². The van der Waals surface area contributed by atoms with Crippen molar-refractivity contribution >= 4 is 50.7 Å². The molecular formula is C9H8BrCl3O. The molecule has 0 aromatic heterocycles. The summed E-state index contributed by atoms with van der Waals surface area (Å²) >= 11 is 20.6. The first-order valence-corrected chi connectivity index (χ1v) is 6.07. The Kier molecular flexibility index (Phi) is 5.39. The normalized spacial score (nSPS) is 10.3. The highest BCUT2D eigenvalue weighted by atomic mass is 79.9. The van der Waals surface area contributed by atoms with E-state index in [1.54, 1.807) is 12.1 Å². The molecule has 0 fully saturated rings. The van der Waals surface area contributed by atoms with E-state index in [1.165, 1.54) is 0 Å². The van der Waals surface area contributed by atoms with Crippen LogP contribution < -0.4 is 4.74 Å². The molecule has 0 amide bonds. The van der Waals surface area contributed by atoms with Crippen molar-refractivity contribution in [1.82, 2.24) is 0 Å². The molecular weight excluding hydrogens is 310 g/mol. The van der Waals surface area contributed by atoms with Crippen molar-refractivity contribution in [3.8, 4) is 5.75 Å². The molecule has 78 valence electrons. The predicted octanol–water partition coefficient (Wildman–Crippen LogP) is 4.76. The van der Waals surface area contributed by atoms with Crippen LogP contribution in [0.3, 0.4) is 0 Å². The second-order valence-corrected chi connectivity index (χ2v) is 4.63. The molecule has 0 aliphatic carbocycles. The molecule has 1 aromatic carbocycles. The van der Waals surface area contributed by atoms with Crippen molar-refractivity contribution in [2.24, 2.45) is 0 Å². The van der Waals surface area contributed by atoms with E-state index in [0.29, 0.717) is 28.3 Å². The molecule has 0 saturated carbocycles. The van der Waals surface area contributed by atoms with E-state index in [1.807, 2.05) is 0 Å². The standard InChI is InChI=1S/C9H8BrCl3O/c10-6-4-8(13)9(5-7(6)12)14-3-1-2-11/h4-5H,1-3H2. The Morgan fingerprint density at radius 2 is 1.93 bits per heavy atom. The van der Waals surface area contributed by atoms with Crippen molar-refractivity contribution in [1.29, 1.82) is 0 Å². The first-order chi connectivity index (χ1) is 6.65. The summed E-state index contributed by atoms with van der Waals surface area (Å²) in [5, 5.41) is 1.12. The van der Waals surface area contributed by atoms with Gasteiger partial charge in [0.05, 0.1) is 16.7 Å². The lowest BCUT2D eigenvalue weighted by Gasteiger charge is -2.08. The highest BCUT2D eigenvalue weighted by Gasteiger charge is 2.06. The van der Waals surface area contributed by atoms with E-state index in [-0.39, 0.29) is 0 Å². The quantitative estimate of drug-likeness (QED) is 0.442. The van der Waals surface area contributed by atoms with Gasteiger partial charge in [-0.2, -0.15) is 0 Å². The second-order valence-electron chi connectivity index (χ2n) is 2.59. The van der Waals surface area contributed by atoms with Crippen LogP contribution in [0.4, 0.5) is 0 Å². The topological polar surface area (TPSA) is 9.23 Å². The number of alkyl halides is 1. The number of halogens is 4. The molecule has 0 saturated heterocycles. The fraction of sp³-hybridized carbons (Fsp3) is 0.333. The first-order valence-electron chi connectivity index (χ1n) is 3.98. The average Bonchev–Trinajstić information content (AvgIpc) is 2.14. The zero-order chi connectivity index (χ0) is 10.6. The Morgan fingerprint density at radius 3 is 2.57 bits per heavy atom. The maximum atomic E-state index is 5.93. The molecule has 0 N–H and O–H groups in total. The molecule has 0 atom stereocenters. The van der Waals surface area contributed by atoms with Crippen molar-refractivity contribution < 1.29 is 4.74 Å². The minimum Gasteiger partial charge on any atom is -0.492 e. The Bertz CT molecular complexity index is 317. The van der Waals surface area contributed by atoms with Gasteiger partial charge in [0, 0.05) is 16.4 Å². The lowest BCUT2D eigenvalue weighted by molar-refractivity contribution is 0.318. The summed E-state index contributed by atoms with van der Waals surface area (Å²) in [5.74, 6) is 1.16. The summed E-state index contributed by atoms with van der Waals surface area (Å²) in [4.78, 5) is 0. The van der Waals surface area contributed by atoms with Crippen molar-refractivity contribution in [3.63, 3.8) is 0 Å². The van der Waals surface area contributed by atoms with E-state index in [2.05, 4.69) is 15.9 Å². The smallest absolute Gasteiger partial charge is 0.139 e. The summed E-state index contributed by atoms with van der Waals surface area (Å²) < 4.78 is 6.15. The zero-order valence-corrected chi connectivity index (χ0v) is 11.0. The van der Waals surface area contributed by atoms with Crippen LogP contribution in [0.5, 0.6) is 5.75 Å². The van der Waals surface area contributed by atoms with E-state index in [4.69, 9.17) is 39.5 Å². The monoisotopic (exact) mass is 316 g/mol. The Hall–Kier alpha value is 0.370. The number of benzene rings is 1. The zero-order valence-electron chi connectivity index (χ0n) is 7.20. The van der Waals surface area contributed by atoms with Gasteiger partial charge in [-0.3, -0.25) is 0 Å². The molecule has 0 unspecified atom stereocenters. The highest BCUT2D eigenvalue weighted by Crippen LogP contribution is 2.34. The van der Waals surface area contributed by atoms with Gasteiger partial charge in [0.25, 0.3) is 0 Å². The number of ether oxygens (including phenoxy) is 1. The molecule has 0 spiro atoms. The van der Waals surface area contributed by atoms with Gasteiger partial charge >= 0.3 is 0 Å². The molecule has 0 bridgehead atoms. The Labute approximate surface area is 106 Å². The maximum Gasteiger partial charge on any atom is 0.139 e. The fourth-order valence-electron chi connectivity index (χ4n) is 0.852. The molecule has 0 aliphatic heterocycles.